The second-order valence-corrected chi connectivity index (χ2v) is 5.82. The van der Waals surface area contributed by atoms with Crippen LogP contribution in [-0.2, 0) is 9.47 Å². The summed E-state index contributed by atoms with van der Waals surface area (Å²) in [6.07, 6.45) is 0.816. The lowest BCUT2D eigenvalue weighted by Gasteiger charge is -2.43. The normalized spacial score (nSPS) is 27.1. The Hall–Kier alpha value is -1.18. The molecule has 0 radical (unpaired) electrons. The molecule has 0 aromatic carbocycles. The Kier molecular flexibility index (Phi) is 3.20. The third-order valence-corrected chi connectivity index (χ3v) is 4.77. The molecule has 3 heterocycles. The highest BCUT2D eigenvalue weighted by atomic mass is 32.1. The lowest BCUT2D eigenvalue weighted by Crippen LogP contribution is -2.59. The molecule has 0 saturated carbocycles. The topological polar surface area (TPSA) is 77.7 Å². The van der Waals surface area contributed by atoms with Gasteiger partial charge in [0.2, 0.25) is 0 Å². The molecule has 2 N–H and O–H groups in total. The van der Waals surface area contributed by atoms with Gasteiger partial charge in [0.15, 0.2) is 0 Å². The Balaban J connectivity index is 1.91. The van der Waals surface area contributed by atoms with Crippen LogP contribution in [0, 0.1) is 6.92 Å². The molecule has 1 amide bonds. The van der Waals surface area contributed by atoms with Gasteiger partial charge in [-0.15, -0.1) is 0 Å². The number of carbonyl (C=O) groups is 1. The summed E-state index contributed by atoms with van der Waals surface area (Å²) in [4.78, 5) is 15.1. The van der Waals surface area contributed by atoms with Crippen molar-refractivity contribution in [1.29, 1.82) is 0 Å². The molecule has 1 aromatic heterocycles. The maximum atomic E-state index is 12.7. The fraction of sp³-hybridized carbons (Fsp3) is 0.667. The van der Waals surface area contributed by atoms with Gasteiger partial charge in [-0.05, 0) is 24.9 Å². The number of aryl methyl sites for hydroxylation is 1. The highest BCUT2D eigenvalue weighted by molar-refractivity contribution is 7.08. The van der Waals surface area contributed by atoms with Crippen molar-refractivity contribution in [2.24, 2.45) is 0 Å². The van der Waals surface area contributed by atoms with E-state index in [0.29, 0.717) is 43.5 Å². The standard InChI is InChI=1S/C12H17N3O3S/c1-8-9(13)10(19-14-8)11(16)15-3-5-18-7-12(15)2-4-17-6-12/h2-7,13H2,1H3. The molecule has 1 atom stereocenters. The van der Waals surface area contributed by atoms with E-state index in [2.05, 4.69) is 4.37 Å². The molecule has 1 unspecified atom stereocenters. The molecule has 1 spiro atoms. The van der Waals surface area contributed by atoms with E-state index in [4.69, 9.17) is 15.2 Å². The molecule has 2 saturated heterocycles. The van der Waals surface area contributed by atoms with Crippen LogP contribution in [-0.4, -0.2) is 53.7 Å². The van der Waals surface area contributed by atoms with Crippen molar-refractivity contribution in [2.75, 3.05) is 38.7 Å². The molecule has 2 aliphatic rings. The van der Waals surface area contributed by atoms with Gasteiger partial charge < -0.3 is 20.1 Å². The van der Waals surface area contributed by atoms with E-state index >= 15 is 0 Å². The maximum absolute atomic E-state index is 12.7. The Morgan fingerprint density at radius 1 is 1.42 bits per heavy atom. The van der Waals surface area contributed by atoms with Crippen molar-refractivity contribution in [3.8, 4) is 0 Å². The van der Waals surface area contributed by atoms with E-state index in [-0.39, 0.29) is 11.4 Å². The molecule has 2 aliphatic heterocycles. The van der Waals surface area contributed by atoms with Crippen LogP contribution < -0.4 is 5.73 Å². The van der Waals surface area contributed by atoms with Crippen LogP contribution in [0.4, 0.5) is 5.69 Å². The number of amides is 1. The van der Waals surface area contributed by atoms with Crippen LogP contribution in [0.1, 0.15) is 21.8 Å². The van der Waals surface area contributed by atoms with Gasteiger partial charge in [-0.1, -0.05) is 0 Å². The lowest BCUT2D eigenvalue weighted by atomic mass is 9.95. The third-order valence-electron chi connectivity index (χ3n) is 3.83. The predicted molar refractivity (Wildman–Crippen MR) is 71.3 cm³/mol. The number of rotatable bonds is 1. The molecule has 1 aromatic rings. The van der Waals surface area contributed by atoms with Gasteiger partial charge in [-0.3, -0.25) is 4.79 Å². The van der Waals surface area contributed by atoms with Crippen molar-refractivity contribution in [1.82, 2.24) is 9.27 Å². The highest BCUT2D eigenvalue weighted by Gasteiger charge is 2.46. The molecule has 6 nitrogen and oxygen atoms in total. The summed E-state index contributed by atoms with van der Waals surface area (Å²) >= 11 is 1.17. The van der Waals surface area contributed by atoms with Crippen LogP contribution in [0.3, 0.4) is 0 Å². The van der Waals surface area contributed by atoms with Crippen LogP contribution in [0.25, 0.3) is 0 Å². The van der Waals surface area contributed by atoms with Gasteiger partial charge in [0.25, 0.3) is 5.91 Å². The fourth-order valence-corrected chi connectivity index (χ4v) is 3.39. The van der Waals surface area contributed by atoms with Crippen molar-refractivity contribution in [3.63, 3.8) is 0 Å². The smallest absolute Gasteiger partial charge is 0.268 e. The first-order chi connectivity index (χ1) is 9.14. The van der Waals surface area contributed by atoms with Crippen molar-refractivity contribution >= 4 is 23.1 Å². The number of aromatic nitrogens is 1. The minimum absolute atomic E-state index is 0.0445. The molecule has 0 aliphatic carbocycles. The Bertz CT molecular complexity index is 496. The van der Waals surface area contributed by atoms with Crippen LogP contribution in [0.2, 0.25) is 0 Å². The van der Waals surface area contributed by atoms with E-state index in [0.717, 1.165) is 12.1 Å². The summed E-state index contributed by atoms with van der Waals surface area (Å²) in [5, 5.41) is 0. The number of morpholine rings is 1. The first-order valence-corrected chi connectivity index (χ1v) is 7.11. The van der Waals surface area contributed by atoms with Crippen LogP contribution >= 0.6 is 11.5 Å². The van der Waals surface area contributed by atoms with E-state index in [1.807, 2.05) is 11.8 Å². The van der Waals surface area contributed by atoms with Gasteiger partial charge in [-0.25, -0.2) is 0 Å². The zero-order valence-electron chi connectivity index (χ0n) is 10.8. The lowest BCUT2D eigenvalue weighted by molar-refractivity contribution is -0.0548. The fourth-order valence-electron chi connectivity index (χ4n) is 2.63. The first-order valence-electron chi connectivity index (χ1n) is 6.33. The van der Waals surface area contributed by atoms with E-state index in [9.17, 15) is 4.79 Å². The molecule has 7 heteroatoms. The van der Waals surface area contributed by atoms with Crippen LogP contribution in [0.5, 0.6) is 0 Å². The molecule has 19 heavy (non-hydrogen) atoms. The number of carbonyl (C=O) groups excluding carboxylic acids is 1. The van der Waals surface area contributed by atoms with Gasteiger partial charge in [0.05, 0.1) is 36.7 Å². The SMILES string of the molecule is Cc1nsc(C(=O)N2CCOCC23CCOC3)c1N. The number of anilines is 1. The van der Waals surface area contributed by atoms with Crippen molar-refractivity contribution in [2.45, 2.75) is 18.9 Å². The van der Waals surface area contributed by atoms with Gasteiger partial charge in [0, 0.05) is 13.2 Å². The molecular formula is C12H17N3O3S. The minimum Gasteiger partial charge on any atom is -0.396 e. The molecule has 0 bridgehead atoms. The number of nitrogens with two attached hydrogens (primary N) is 1. The highest BCUT2D eigenvalue weighted by Crippen LogP contribution is 2.33. The van der Waals surface area contributed by atoms with Crippen LogP contribution in [0.15, 0.2) is 0 Å². The second kappa shape index (κ2) is 4.73. The van der Waals surface area contributed by atoms with E-state index in [1.165, 1.54) is 11.5 Å². The minimum atomic E-state index is -0.320. The average molecular weight is 283 g/mol. The monoisotopic (exact) mass is 283 g/mol. The Morgan fingerprint density at radius 2 is 2.16 bits per heavy atom. The maximum Gasteiger partial charge on any atom is 0.268 e. The Morgan fingerprint density at radius 3 is 2.79 bits per heavy atom. The summed E-state index contributed by atoms with van der Waals surface area (Å²) in [5.41, 5.74) is 6.83. The molecule has 104 valence electrons. The van der Waals surface area contributed by atoms with Crippen molar-refractivity contribution in [3.05, 3.63) is 10.6 Å². The zero-order chi connectivity index (χ0) is 13.5. The number of ether oxygens (including phenoxy) is 2. The summed E-state index contributed by atoms with van der Waals surface area (Å²) in [7, 11) is 0. The predicted octanol–water partition coefficient (Wildman–Crippen LogP) is 0.665. The summed E-state index contributed by atoms with van der Waals surface area (Å²) < 4.78 is 15.2. The summed E-state index contributed by atoms with van der Waals surface area (Å²) in [6.45, 7) is 4.71. The number of nitrogen functional groups attached to an aromatic ring is 1. The van der Waals surface area contributed by atoms with Gasteiger partial charge in [-0.2, -0.15) is 4.37 Å². The number of hydrogen-bond donors (Lipinski definition) is 1. The van der Waals surface area contributed by atoms with E-state index in [1.54, 1.807) is 0 Å². The summed E-state index contributed by atoms with van der Waals surface area (Å²) in [5.74, 6) is -0.0445. The molecule has 3 rings (SSSR count). The van der Waals surface area contributed by atoms with E-state index < -0.39 is 0 Å². The number of nitrogens with zero attached hydrogens (tertiary/aromatic N) is 2. The second-order valence-electron chi connectivity index (χ2n) is 5.05. The van der Waals surface area contributed by atoms with Gasteiger partial charge >= 0.3 is 0 Å². The zero-order valence-corrected chi connectivity index (χ0v) is 11.7. The Labute approximate surface area is 115 Å². The average Bonchev–Trinajstić information content (AvgIpc) is 2.99. The molecular weight excluding hydrogens is 266 g/mol. The third kappa shape index (κ3) is 2.01. The quantitative estimate of drug-likeness (QED) is 0.819. The van der Waals surface area contributed by atoms with Gasteiger partial charge in [0.1, 0.15) is 4.88 Å². The molecule has 2 fully saturated rings. The summed E-state index contributed by atoms with van der Waals surface area (Å²) in [6, 6.07) is 0. The number of hydrogen-bond acceptors (Lipinski definition) is 6. The first kappa shape index (κ1) is 12.8. The van der Waals surface area contributed by atoms with Crippen molar-refractivity contribution < 1.29 is 14.3 Å². The largest absolute Gasteiger partial charge is 0.396 e.